The molecule has 1 aromatic rings. The molecule has 29 heavy (non-hydrogen) atoms. The summed E-state index contributed by atoms with van der Waals surface area (Å²) in [5.41, 5.74) is 1.13. The molecule has 8 nitrogen and oxygen atoms in total. The third-order valence-electron chi connectivity index (χ3n) is 4.40. The quantitative estimate of drug-likeness (QED) is 0.284. The fourth-order valence-corrected chi connectivity index (χ4v) is 5.07. The van der Waals surface area contributed by atoms with Crippen LogP contribution in [0.2, 0.25) is 0 Å². The van der Waals surface area contributed by atoms with Crippen LogP contribution >= 0.6 is 11.8 Å². The normalized spacial score (nSPS) is 17.2. The van der Waals surface area contributed by atoms with Gasteiger partial charge in [-0.25, -0.2) is 13.2 Å². The number of thioether (sulfide) groups is 1. The van der Waals surface area contributed by atoms with Crippen molar-refractivity contribution in [3.63, 3.8) is 0 Å². The smallest absolute Gasteiger partial charge is 0.336 e. The molecule has 0 saturated carbocycles. The number of nitro groups is 1. The van der Waals surface area contributed by atoms with Crippen LogP contribution in [0.4, 0.5) is 5.69 Å². The van der Waals surface area contributed by atoms with E-state index >= 15 is 0 Å². The molecule has 1 N–H and O–H groups in total. The number of benzene rings is 1. The lowest BCUT2D eigenvalue weighted by Crippen LogP contribution is -2.31. The van der Waals surface area contributed by atoms with Gasteiger partial charge in [0.25, 0.3) is 5.69 Å². The van der Waals surface area contributed by atoms with Crippen molar-refractivity contribution in [2.24, 2.45) is 0 Å². The lowest BCUT2D eigenvalue weighted by Gasteiger charge is -2.30. The number of hydrogen-bond donors (Lipinski definition) is 1. The van der Waals surface area contributed by atoms with E-state index in [-0.39, 0.29) is 22.8 Å². The number of nitrogens with zero attached hydrogens (tertiary/aromatic N) is 1. The van der Waals surface area contributed by atoms with E-state index < -0.39 is 26.6 Å². The Labute approximate surface area is 174 Å². The zero-order valence-corrected chi connectivity index (χ0v) is 18.4. The van der Waals surface area contributed by atoms with Gasteiger partial charge in [-0.1, -0.05) is 19.1 Å². The van der Waals surface area contributed by atoms with Crippen LogP contribution in [0.15, 0.2) is 46.1 Å². The second kappa shape index (κ2) is 9.45. The third-order valence-corrected chi connectivity index (χ3v) is 6.60. The maximum atomic E-state index is 12.9. The number of dihydropyridines is 1. The highest BCUT2D eigenvalue weighted by Crippen LogP contribution is 2.41. The summed E-state index contributed by atoms with van der Waals surface area (Å²) in [5, 5.41) is 14.2. The Hall–Kier alpha value is -2.33. The van der Waals surface area contributed by atoms with Crippen LogP contribution in [0.25, 0.3) is 0 Å². The molecular formula is C19H24N2O6S2. The number of hydrogen-bond acceptors (Lipinski definition) is 8. The summed E-state index contributed by atoms with van der Waals surface area (Å²) < 4.78 is 30.5. The van der Waals surface area contributed by atoms with E-state index in [1.165, 1.54) is 18.2 Å². The molecule has 2 rings (SSSR count). The number of allylic oxidation sites excluding steroid dienone is 3. The third kappa shape index (κ3) is 5.39. The topological polar surface area (TPSA) is 116 Å². The van der Waals surface area contributed by atoms with E-state index in [1.807, 2.05) is 6.92 Å². The molecule has 1 atom stereocenters. The Morgan fingerprint density at radius 1 is 1.31 bits per heavy atom. The summed E-state index contributed by atoms with van der Waals surface area (Å²) >= 11 is 1.62. The van der Waals surface area contributed by atoms with Crippen LogP contribution in [0.1, 0.15) is 32.3 Å². The summed E-state index contributed by atoms with van der Waals surface area (Å²) in [6.07, 6.45) is 1.05. The molecule has 0 saturated heterocycles. The van der Waals surface area contributed by atoms with Crippen molar-refractivity contribution in [1.82, 2.24) is 5.32 Å². The largest absolute Gasteiger partial charge is 0.461 e. The number of nitro benzene ring substituents is 1. The first kappa shape index (κ1) is 23.0. The van der Waals surface area contributed by atoms with Gasteiger partial charge in [0.05, 0.1) is 21.3 Å². The molecule has 0 bridgehead atoms. The molecule has 1 heterocycles. The number of esters is 1. The van der Waals surface area contributed by atoms with Crippen molar-refractivity contribution in [3.8, 4) is 0 Å². The summed E-state index contributed by atoms with van der Waals surface area (Å²) in [7, 11) is -3.72. The SMILES string of the molecule is CCSCCOC(=O)C1=C(C)NC(C)=C(S(C)(=O)=O)C1c1cccc([N+](=O)[O-])c1. The fourth-order valence-electron chi connectivity index (χ4n) is 3.29. The summed E-state index contributed by atoms with van der Waals surface area (Å²) in [6.45, 7) is 5.44. The Bertz CT molecular complexity index is 982. The van der Waals surface area contributed by atoms with Gasteiger partial charge in [-0.3, -0.25) is 10.1 Å². The van der Waals surface area contributed by atoms with Crippen LogP contribution in [0.3, 0.4) is 0 Å². The van der Waals surface area contributed by atoms with Gasteiger partial charge in [-0.2, -0.15) is 11.8 Å². The first-order chi connectivity index (χ1) is 13.6. The molecular weight excluding hydrogens is 416 g/mol. The number of carbonyl (C=O) groups excluding carboxylic acids is 1. The second-order valence-electron chi connectivity index (χ2n) is 6.54. The van der Waals surface area contributed by atoms with Crippen LogP contribution in [-0.2, 0) is 19.4 Å². The van der Waals surface area contributed by atoms with Crippen molar-refractivity contribution >= 4 is 33.3 Å². The monoisotopic (exact) mass is 440 g/mol. The van der Waals surface area contributed by atoms with Crippen molar-refractivity contribution in [2.75, 3.05) is 24.4 Å². The zero-order valence-electron chi connectivity index (χ0n) is 16.7. The van der Waals surface area contributed by atoms with E-state index in [2.05, 4.69) is 5.32 Å². The Morgan fingerprint density at radius 2 is 2.00 bits per heavy atom. The van der Waals surface area contributed by atoms with Gasteiger partial charge in [0.1, 0.15) is 6.61 Å². The summed E-state index contributed by atoms with van der Waals surface area (Å²) in [5.74, 6) is -0.122. The Kier molecular flexibility index (Phi) is 7.48. The molecule has 1 aliphatic heterocycles. The first-order valence-corrected chi connectivity index (χ1v) is 12.0. The van der Waals surface area contributed by atoms with E-state index in [9.17, 15) is 23.3 Å². The summed E-state index contributed by atoms with van der Waals surface area (Å²) in [6, 6.07) is 5.66. The second-order valence-corrected chi connectivity index (χ2v) is 9.92. The number of nitrogens with one attached hydrogen (secondary N) is 1. The maximum Gasteiger partial charge on any atom is 0.336 e. The molecule has 0 aliphatic carbocycles. The van der Waals surface area contributed by atoms with Gasteiger partial charge in [0.2, 0.25) is 0 Å². The first-order valence-electron chi connectivity index (χ1n) is 8.95. The molecule has 0 aromatic heterocycles. The highest BCUT2D eigenvalue weighted by atomic mass is 32.2. The zero-order chi connectivity index (χ0) is 21.8. The maximum absolute atomic E-state index is 12.9. The van der Waals surface area contributed by atoms with Gasteiger partial charge in [0, 0.05) is 35.5 Å². The number of non-ortho nitro benzene ring substituents is 1. The number of sulfone groups is 1. The van der Waals surface area contributed by atoms with Crippen molar-refractivity contribution < 1.29 is 22.9 Å². The van der Waals surface area contributed by atoms with Gasteiger partial charge in [-0.15, -0.1) is 0 Å². The van der Waals surface area contributed by atoms with Crippen molar-refractivity contribution in [2.45, 2.75) is 26.7 Å². The minimum absolute atomic E-state index is 0.00141. The molecule has 0 spiro atoms. The minimum Gasteiger partial charge on any atom is -0.461 e. The summed E-state index contributed by atoms with van der Waals surface area (Å²) in [4.78, 5) is 23.5. The molecule has 1 unspecified atom stereocenters. The predicted octanol–water partition coefficient (Wildman–Crippen LogP) is 3.13. The highest BCUT2D eigenvalue weighted by molar-refractivity contribution is 7.99. The number of carbonyl (C=O) groups is 1. The average molecular weight is 441 g/mol. The van der Waals surface area contributed by atoms with Crippen LogP contribution < -0.4 is 5.32 Å². The molecule has 0 fully saturated rings. The number of ether oxygens (including phenoxy) is 1. The highest BCUT2D eigenvalue weighted by Gasteiger charge is 2.38. The van der Waals surface area contributed by atoms with E-state index in [0.717, 1.165) is 12.0 Å². The van der Waals surface area contributed by atoms with Crippen LogP contribution in [-0.4, -0.2) is 43.7 Å². The molecule has 1 aliphatic rings. The van der Waals surface area contributed by atoms with Gasteiger partial charge in [0.15, 0.2) is 9.84 Å². The van der Waals surface area contributed by atoms with Gasteiger partial charge >= 0.3 is 5.97 Å². The van der Waals surface area contributed by atoms with Gasteiger partial charge in [-0.05, 0) is 25.2 Å². The van der Waals surface area contributed by atoms with Crippen molar-refractivity contribution in [3.05, 3.63) is 61.8 Å². The molecule has 158 valence electrons. The molecule has 10 heteroatoms. The predicted molar refractivity (Wildman–Crippen MR) is 113 cm³/mol. The minimum atomic E-state index is -3.72. The lowest BCUT2D eigenvalue weighted by atomic mass is 9.86. The van der Waals surface area contributed by atoms with Crippen LogP contribution in [0.5, 0.6) is 0 Å². The lowest BCUT2D eigenvalue weighted by molar-refractivity contribution is -0.384. The van der Waals surface area contributed by atoms with E-state index in [0.29, 0.717) is 22.7 Å². The van der Waals surface area contributed by atoms with E-state index in [4.69, 9.17) is 4.74 Å². The van der Waals surface area contributed by atoms with Crippen molar-refractivity contribution in [1.29, 1.82) is 0 Å². The molecule has 0 amide bonds. The average Bonchev–Trinajstić information content (AvgIpc) is 2.63. The fraction of sp³-hybridized carbons (Fsp3) is 0.421. The molecule has 0 radical (unpaired) electrons. The van der Waals surface area contributed by atoms with E-state index in [1.54, 1.807) is 31.7 Å². The Balaban J connectivity index is 2.58. The Morgan fingerprint density at radius 3 is 2.59 bits per heavy atom. The standard InChI is InChI=1S/C19H24N2O6S2/c1-5-28-10-9-27-19(22)16-12(2)20-13(3)18(29(4,25)26)17(16)14-7-6-8-15(11-14)21(23)24/h6-8,11,17,20H,5,9-10H2,1-4H3. The van der Waals surface area contributed by atoms with Crippen LogP contribution in [0, 0.1) is 10.1 Å². The van der Waals surface area contributed by atoms with Gasteiger partial charge < -0.3 is 10.1 Å². The molecule has 1 aromatic carbocycles. The number of rotatable bonds is 8.